The fraction of sp³-hybridized carbons (Fsp3) is 0.125. The molecule has 0 bridgehead atoms. The number of ketones is 1. The lowest BCUT2D eigenvalue weighted by molar-refractivity contribution is -0.145. The first-order chi connectivity index (χ1) is 9.63. The molecule has 1 atom stereocenters. The van der Waals surface area contributed by atoms with Crippen molar-refractivity contribution >= 4 is 11.8 Å². The monoisotopic (exact) mass is 269 g/mol. The van der Waals surface area contributed by atoms with E-state index in [1.165, 1.54) is 0 Å². The van der Waals surface area contributed by atoms with Crippen molar-refractivity contribution in [3.05, 3.63) is 71.3 Å². The first kappa shape index (κ1) is 14.0. The van der Waals surface area contributed by atoms with Crippen molar-refractivity contribution in [3.63, 3.8) is 0 Å². The highest BCUT2D eigenvalue weighted by molar-refractivity contribution is 6.09. The minimum Gasteiger partial charge on any atom is -0.373 e. The molecule has 2 rings (SSSR count). The molecule has 0 spiro atoms. The Bertz CT molecular complexity index is 623. The summed E-state index contributed by atoms with van der Waals surface area (Å²) in [5.41, 5.74) is 1.84. The molecule has 0 fully saturated rings. The third kappa shape index (κ3) is 2.92. The van der Waals surface area contributed by atoms with Crippen molar-refractivity contribution in [1.82, 2.24) is 0 Å². The zero-order valence-corrected chi connectivity index (χ0v) is 11.1. The fourth-order valence-electron chi connectivity index (χ4n) is 1.94. The van der Waals surface area contributed by atoms with E-state index in [-0.39, 0.29) is 5.78 Å². The van der Waals surface area contributed by atoms with E-state index >= 15 is 0 Å². The van der Waals surface area contributed by atoms with Gasteiger partial charge in [0.1, 0.15) is 0 Å². The molecule has 2 N–H and O–H groups in total. The van der Waals surface area contributed by atoms with E-state index in [4.69, 9.17) is 5.90 Å². The van der Waals surface area contributed by atoms with Gasteiger partial charge in [0, 0.05) is 11.1 Å². The number of carbonyl (C=O) groups is 2. The van der Waals surface area contributed by atoms with E-state index in [0.717, 1.165) is 0 Å². The Labute approximate surface area is 117 Å². The molecular formula is C16H15NO3. The summed E-state index contributed by atoms with van der Waals surface area (Å²) in [5.74, 6) is 3.76. The molecule has 0 amide bonds. The predicted octanol–water partition coefficient (Wildman–Crippen LogP) is 2.44. The summed E-state index contributed by atoms with van der Waals surface area (Å²) in [6.45, 7) is 1.68. The SMILES string of the molecule is CC(C(=O)ON)c1cccc(C(=O)c2ccccc2)c1. The molecule has 0 saturated carbocycles. The molecule has 0 radical (unpaired) electrons. The highest BCUT2D eigenvalue weighted by Crippen LogP contribution is 2.19. The molecule has 0 aliphatic heterocycles. The van der Waals surface area contributed by atoms with Crippen LogP contribution in [0, 0.1) is 0 Å². The summed E-state index contributed by atoms with van der Waals surface area (Å²) in [6, 6.07) is 15.9. The molecule has 0 heterocycles. The minimum absolute atomic E-state index is 0.0826. The lowest BCUT2D eigenvalue weighted by Crippen LogP contribution is -2.17. The van der Waals surface area contributed by atoms with Crippen LogP contribution in [0.15, 0.2) is 54.6 Å². The first-order valence-corrected chi connectivity index (χ1v) is 6.23. The average Bonchev–Trinajstić information content (AvgIpc) is 2.53. The third-order valence-corrected chi connectivity index (χ3v) is 3.15. The zero-order chi connectivity index (χ0) is 14.5. The molecule has 0 aliphatic rings. The van der Waals surface area contributed by atoms with E-state index in [0.29, 0.717) is 16.7 Å². The van der Waals surface area contributed by atoms with Crippen molar-refractivity contribution in [2.45, 2.75) is 12.8 Å². The molecule has 2 aromatic carbocycles. The van der Waals surface area contributed by atoms with Crippen LogP contribution in [-0.4, -0.2) is 11.8 Å². The second-order valence-electron chi connectivity index (χ2n) is 4.48. The quantitative estimate of drug-likeness (QED) is 0.683. The number of benzene rings is 2. The van der Waals surface area contributed by atoms with Crippen molar-refractivity contribution in [2.24, 2.45) is 5.90 Å². The summed E-state index contributed by atoms with van der Waals surface area (Å²) in [4.78, 5) is 28.0. The van der Waals surface area contributed by atoms with Gasteiger partial charge >= 0.3 is 5.97 Å². The molecule has 0 aliphatic carbocycles. The molecule has 0 aromatic heterocycles. The summed E-state index contributed by atoms with van der Waals surface area (Å²) in [5, 5.41) is 0. The Morgan fingerprint density at radius 3 is 2.30 bits per heavy atom. The average molecular weight is 269 g/mol. The maximum Gasteiger partial charge on any atom is 0.331 e. The van der Waals surface area contributed by atoms with Crippen LogP contribution >= 0.6 is 0 Å². The van der Waals surface area contributed by atoms with Crippen molar-refractivity contribution in [2.75, 3.05) is 0 Å². The van der Waals surface area contributed by atoms with Gasteiger partial charge in [0.15, 0.2) is 5.78 Å². The molecular weight excluding hydrogens is 254 g/mol. The highest BCUT2D eigenvalue weighted by atomic mass is 16.7. The topological polar surface area (TPSA) is 69.4 Å². The molecule has 4 nitrogen and oxygen atoms in total. The van der Waals surface area contributed by atoms with Crippen LogP contribution in [-0.2, 0) is 9.63 Å². The summed E-state index contributed by atoms with van der Waals surface area (Å²) in [7, 11) is 0. The van der Waals surface area contributed by atoms with Crippen LogP contribution in [0.4, 0.5) is 0 Å². The number of nitrogens with two attached hydrogens (primary N) is 1. The van der Waals surface area contributed by atoms with Gasteiger partial charge in [-0.2, -0.15) is 5.90 Å². The van der Waals surface area contributed by atoms with Gasteiger partial charge in [-0.25, -0.2) is 4.79 Å². The van der Waals surface area contributed by atoms with Gasteiger partial charge in [0.05, 0.1) is 5.92 Å². The third-order valence-electron chi connectivity index (χ3n) is 3.15. The number of hydrogen-bond donors (Lipinski definition) is 1. The summed E-state index contributed by atoms with van der Waals surface area (Å²) < 4.78 is 0. The smallest absolute Gasteiger partial charge is 0.331 e. The molecule has 20 heavy (non-hydrogen) atoms. The number of rotatable bonds is 4. The second kappa shape index (κ2) is 6.12. The van der Waals surface area contributed by atoms with Crippen LogP contribution in [0.3, 0.4) is 0 Å². The molecule has 0 saturated heterocycles. The Kier molecular flexibility index (Phi) is 4.27. The largest absolute Gasteiger partial charge is 0.373 e. The maximum atomic E-state index is 12.3. The van der Waals surface area contributed by atoms with Gasteiger partial charge < -0.3 is 4.84 Å². The van der Waals surface area contributed by atoms with Gasteiger partial charge in [-0.15, -0.1) is 0 Å². The molecule has 4 heteroatoms. The van der Waals surface area contributed by atoms with E-state index in [2.05, 4.69) is 4.84 Å². The second-order valence-corrected chi connectivity index (χ2v) is 4.48. The fourth-order valence-corrected chi connectivity index (χ4v) is 1.94. The Morgan fingerprint density at radius 2 is 1.65 bits per heavy atom. The minimum atomic E-state index is -0.533. The lowest BCUT2D eigenvalue weighted by Gasteiger charge is -2.10. The molecule has 2 aromatic rings. The van der Waals surface area contributed by atoms with Crippen LogP contribution in [0.2, 0.25) is 0 Å². The van der Waals surface area contributed by atoms with E-state index in [9.17, 15) is 9.59 Å². The Balaban J connectivity index is 2.31. The van der Waals surface area contributed by atoms with E-state index in [1.807, 2.05) is 18.2 Å². The van der Waals surface area contributed by atoms with Crippen molar-refractivity contribution < 1.29 is 14.4 Å². The lowest BCUT2D eigenvalue weighted by atomic mass is 9.96. The van der Waals surface area contributed by atoms with Crippen LogP contribution in [0.5, 0.6) is 0 Å². The standard InChI is InChI=1S/C16H15NO3/c1-11(16(19)20-17)13-8-5-9-14(10-13)15(18)12-6-3-2-4-7-12/h2-11H,17H2,1H3. The van der Waals surface area contributed by atoms with Gasteiger partial charge in [-0.05, 0) is 18.6 Å². The first-order valence-electron chi connectivity index (χ1n) is 6.23. The number of carbonyl (C=O) groups excluding carboxylic acids is 2. The van der Waals surface area contributed by atoms with E-state index < -0.39 is 11.9 Å². The van der Waals surface area contributed by atoms with E-state index in [1.54, 1.807) is 43.3 Å². The van der Waals surface area contributed by atoms with Gasteiger partial charge in [-0.1, -0.05) is 48.5 Å². The Morgan fingerprint density at radius 1 is 1.00 bits per heavy atom. The van der Waals surface area contributed by atoms with Gasteiger partial charge in [-0.3, -0.25) is 4.79 Å². The maximum absolute atomic E-state index is 12.3. The summed E-state index contributed by atoms with van der Waals surface area (Å²) >= 11 is 0. The number of hydrogen-bond acceptors (Lipinski definition) is 4. The Hall–Kier alpha value is -2.46. The summed E-state index contributed by atoms with van der Waals surface area (Å²) in [6.07, 6.45) is 0. The molecule has 1 unspecified atom stereocenters. The molecule has 102 valence electrons. The van der Waals surface area contributed by atoms with Crippen LogP contribution < -0.4 is 5.90 Å². The van der Waals surface area contributed by atoms with Crippen molar-refractivity contribution in [3.8, 4) is 0 Å². The predicted molar refractivity (Wildman–Crippen MR) is 75.0 cm³/mol. The van der Waals surface area contributed by atoms with Crippen molar-refractivity contribution in [1.29, 1.82) is 0 Å². The van der Waals surface area contributed by atoms with Gasteiger partial charge in [0.25, 0.3) is 0 Å². The highest BCUT2D eigenvalue weighted by Gasteiger charge is 2.18. The normalized spacial score (nSPS) is 11.7. The van der Waals surface area contributed by atoms with Crippen LogP contribution in [0.1, 0.15) is 34.3 Å². The van der Waals surface area contributed by atoms with Gasteiger partial charge in [0.2, 0.25) is 0 Å². The van der Waals surface area contributed by atoms with Crippen LogP contribution in [0.25, 0.3) is 0 Å². The zero-order valence-electron chi connectivity index (χ0n) is 11.1.